The zero-order chi connectivity index (χ0) is 14.5. The second-order valence-electron chi connectivity index (χ2n) is 4.05. The first-order valence-electron chi connectivity index (χ1n) is 5.85. The molecule has 0 spiro atoms. The zero-order valence-corrected chi connectivity index (χ0v) is 12.0. The molecule has 2 aromatic carbocycles. The average molecular weight is 335 g/mol. The third kappa shape index (κ3) is 3.83. The molecule has 2 amide bonds. The second kappa shape index (κ2) is 6.56. The van der Waals surface area contributed by atoms with Gasteiger partial charge in [-0.15, -0.1) is 0 Å². The van der Waals surface area contributed by atoms with Crippen LogP contribution in [0.2, 0.25) is 0 Å². The van der Waals surface area contributed by atoms with Crippen LogP contribution in [0.4, 0.5) is 16.2 Å². The summed E-state index contributed by atoms with van der Waals surface area (Å²) in [6.07, 6.45) is 0. The van der Waals surface area contributed by atoms with Crippen molar-refractivity contribution >= 4 is 45.9 Å². The second-order valence-corrected chi connectivity index (χ2v) is 4.97. The van der Waals surface area contributed by atoms with E-state index in [4.69, 9.17) is 0 Å². The Hall–Kier alpha value is -1.83. The van der Waals surface area contributed by atoms with Gasteiger partial charge in [-0.1, -0.05) is 40.2 Å². The molecule has 102 valence electrons. The summed E-state index contributed by atoms with van der Waals surface area (Å²) < 4.78 is 0.849. The Labute approximate surface area is 124 Å². The summed E-state index contributed by atoms with van der Waals surface area (Å²) >= 11 is 3.31. The Morgan fingerprint density at radius 2 is 1.80 bits per heavy atom. The SMILES string of the molecule is O=C(Nc1cccc(Br)c1)Nc1ccccc1B(O)O. The number of para-hydroxylation sites is 1. The Bertz CT molecular complexity index is 622. The predicted octanol–water partition coefficient (Wildman–Crippen LogP) is 1.77. The van der Waals surface area contributed by atoms with Gasteiger partial charge in [-0.25, -0.2) is 4.79 Å². The first kappa shape index (κ1) is 14.6. The topological polar surface area (TPSA) is 81.6 Å². The van der Waals surface area contributed by atoms with Crippen LogP contribution in [0.1, 0.15) is 0 Å². The van der Waals surface area contributed by atoms with Crippen LogP contribution >= 0.6 is 15.9 Å². The van der Waals surface area contributed by atoms with Gasteiger partial charge < -0.3 is 20.7 Å². The first-order chi connectivity index (χ1) is 9.56. The quantitative estimate of drug-likeness (QED) is 0.646. The third-order valence-corrected chi connectivity index (χ3v) is 3.06. The van der Waals surface area contributed by atoms with Crippen molar-refractivity contribution in [3.63, 3.8) is 0 Å². The molecule has 0 saturated heterocycles. The highest BCUT2D eigenvalue weighted by molar-refractivity contribution is 9.10. The third-order valence-electron chi connectivity index (χ3n) is 2.57. The van der Waals surface area contributed by atoms with E-state index in [1.165, 1.54) is 6.07 Å². The first-order valence-corrected chi connectivity index (χ1v) is 6.64. The largest absolute Gasteiger partial charge is 0.490 e. The normalized spacial score (nSPS) is 9.95. The molecule has 0 aromatic heterocycles. The fraction of sp³-hybridized carbons (Fsp3) is 0. The molecule has 5 nitrogen and oxygen atoms in total. The number of hydrogen-bond donors (Lipinski definition) is 4. The number of benzene rings is 2. The number of amides is 2. The number of rotatable bonds is 3. The van der Waals surface area contributed by atoms with Crippen molar-refractivity contribution in [2.45, 2.75) is 0 Å². The van der Waals surface area contributed by atoms with E-state index in [1.807, 2.05) is 6.07 Å². The Kier molecular flexibility index (Phi) is 4.78. The van der Waals surface area contributed by atoms with E-state index < -0.39 is 13.1 Å². The van der Waals surface area contributed by atoms with Crippen molar-refractivity contribution in [3.8, 4) is 0 Å². The van der Waals surface area contributed by atoms with Gasteiger partial charge in [-0.05, 0) is 24.3 Å². The van der Waals surface area contributed by atoms with Crippen molar-refractivity contribution in [1.82, 2.24) is 0 Å². The number of hydrogen-bond acceptors (Lipinski definition) is 3. The maximum absolute atomic E-state index is 11.9. The average Bonchev–Trinajstić information content (AvgIpc) is 2.38. The highest BCUT2D eigenvalue weighted by Crippen LogP contribution is 2.16. The molecular weight excluding hydrogens is 323 g/mol. The molecule has 0 atom stereocenters. The summed E-state index contributed by atoms with van der Waals surface area (Å²) in [6, 6.07) is 13.2. The van der Waals surface area contributed by atoms with Crippen molar-refractivity contribution in [2.24, 2.45) is 0 Å². The van der Waals surface area contributed by atoms with E-state index in [0.717, 1.165) is 4.47 Å². The van der Waals surface area contributed by atoms with Gasteiger partial charge in [0, 0.05) is 21.3 Å². The number of anilines is 2. The molecule has 0 aliphatic heterocycles. The number of carbonyl (C=O) groups is 1. The summed E-state index contributed by atoms with van der Waals surface area (Å²) in [5, 5.41) is 23.7. The monoisotopic (exact) mass is 334 g/mol. The lowest BCUT2D eigenvalue weighted by molar-refractivity contribution is 0.262. The van der Waals surface area contributed by atoms with Crippen molar-refractivity contribution in [1.29, 1.82) is 0 Å². The molecule has 0 unspecified atom stereocenters. The van der Waals surface area contributed by atoms with E-state index in [1.54, 1.807) is 36.4 Å². The molecule has 0 radical (unpaired) electrons. The van der Waals surface area contributed by atoms with Crippen molar-refractivity contribution < 1.29 is 14.8 Å². The minimum absolute atomic E-state index is 0.233. The molecular formula is C13H12BBrN2O3. The molecule has 0 aliphatic carbocycles. The minimum Gasteiger partial charge on any atom is -0.423 e. The molecule has 0 bridgehead atoms. The van der Waals surface area contributed by atoms with Gasteiger partial charge in [0.25, 0.3) is 0 Å². The van der Waals surface area contributed by atoms with Crippen molar-refractivity contribution in [3.05, 3.63) is 53.0 Å². The lowest BCUT2D eigenvalue weighted by Crippen LogP contribution is -2.34. The van der Waals surface area contributed by atoms with Crippen LogP contribution in [0.15, 0.2) is 53.0 Å². The molecule has 0 saturated carbocycles. The zero-order valence-electron chi connectivity index (χ0n) is 10.4. The Morgan fingerprint density at radius 3 is 2.50 bits per heavy atom. The standard InChI is InChI=1S/C13H12BBrN2O3/c15-9-4-3-5-10(8-9)16-13(18)17-12-7-2-1-6-11(12)14(19)20/h1-8,19-20H,(H2,16,17,18). The fourth-order valence-electron chi connectivity index (χ4n) is 1.69. The molecule has 0 aliphatic rings. The Balaban J connectivity index is 2.09. The van der Waals surface area contributed by atoms with E-state index >= 15 is 0 Å². The van der Waals surface area contributed by atoms with E-state index in [0.29, 0.717) is 11.4 Å². The molecule has 0 heterocycles. The highest BCUT2D eigenvalue weighted by Gasteiger charge is 2.16. The van der Waals surface area contributed by atoms with Crippen LogP contribution < -0.4 is 16.1 Å². The summed E-state index contributed by atoms with van der Waals surface area (Å²) in [5.74, 6) is 0. The van der Waals surface area contributed by atoms with Gasteiger partial charge >= 0.3 is 13.1 Å². The summed E-state index contributed by atoms with van der Waals surface area (Å²) in [5.41, 5.74) is 1.20. The van der Waals surface area contributed by atoms with Gasteiger partial charge in [-0.2, -0.15) is 0 Å². The molecule has 7 heteroatoms. The summed E-state index contributed by atoms with van der Waals surface area (Å²) in [4.78, 5) is 11.9. The van der Waals surface area contributed by atoms with E-state index in [2.05, 4.69) is 26.6 Å². The van der Waals surface area contributed by atoms with Crippen LogP contribution in [0.25, 0.3) is 0 Å². The van der Waals surface area contributed by atoms with Crippen LogP contribution in [0, 0.1) is 0 Å². The maximum Gasteiger partial charge on any atom is 0.490 e. The predicted molar refractivity (Wildman–Crippen MR) is 83.1 cm³/mol. The van der Waals surface area contributed by atoms with E-state index in [-0.39, 0.29) is 5.46 Å². The molecule has 2 rings (SSSR count). The van der Waals surface area contributed by atoms with Crippen LogP contribution in [-0.4, -0.2) is 23.2 Å². The van der Waals surface area contributed by atoms with Crippen LogP contribution in [0.3, 0.4) is 0 Å². The van der Waals surface area contributed by atoms with Gasteiger partial charge in [0.1, 0.15) is 0 Å². The van der Waals surface area contributed by atoms with Gasteiger partial charge in [0.2, 0.25) is 0 Å². The molecule has 2 aromatic rings. The number of urea groups is 1. The van der Waals surface area contributed by atoms with Gasteiger partial charge in [-0.3, -0.25) is 0 Å². The summed E-state index contributed by atoms with van der Waals surface area (Å²) in [7, 11) is -1.64. The van der Waals surface area contributed by atoms with Gasteiger partial charge in [0.15, 0.2) is 0 Å². The summed E-state index contributed by atoms with van der Waals surface area (Å²) in [6.45, 7) is 0. The smallest absolute Gasteiger partial charge is 0.423 e. The molecule has 0 fully saturated rings. The number of carbonyl (C=O) groups excluding carboxylic acids is 1. The van der Waals surface area contributed by atoms with Gasteiger partial charge in [0.05, 0.1) is 0 Å². The number of halogens is 1. The lowest BCUT2D eigenvalue weighted by atomic mass is 9.79. The fourth-order valence-corrected chi connectivity index (χ4v) is 2.09. The number of nitrogens with one attached hydrogen (secondary N) is 2. The minimum atomic E-state index is -1.64. The highest BCUT2D eigenvalue weighted by atomic mass is 79.9. The molecule has 4 N–H and O–H groups in total. The van der Waals surface area contributed by atoms with Crippen LogP contribution in [-0.2, 0) is 0 Å². The Morgan fingerprint density at radius 1 is 1.05 bits per heavy atom. The van der Waals surface area contributed by atoms with Crippen molar-refractivity contribution in [2.75, 3.05) is 10.6 Å². The maximum atomic E-state index is 11.9. The molecule has 20 heavy (non-hydrogen) atoms. The lowest BCUT2D eigenvalue weighted by Gasteiger charge is -2.11. The van der Waals surface area contributed by atoms with E-state index in [9.17, 15) is 14.8 Å². The van der Waals surface area contributed by atoms with Crippen LogP contribution in [0.5, 0.6) is 0 Å².